The monoisotopic (exact) mass is 354 g/mol. The van der Waals surface area contributed by atoms with Crippen LogP contribution in [0.25, 0.3) is 16.3 Å². The van der Waals surface area contributed by atoms with Crippen molar-refractivity contribution in [3.63, 3.8) is 0 Å². The van der Waals surface area contributed by atoms with Gasteiger partial charge in [-0.3, -0.25) is 0 Å². The summed E-state index contributed by atoms with van der Waals surface area (Å²) in [7, 11) is 0. The molecular weight excluding hydrogens is 340 g/mol. The number of thiophene rings is 1. The van der Waals surface area contributed by atoms with Crippen molar-refractivity contribution in [2.75, 3.05) is 6.61 Å². The molecule has 2 aromatic heterocycles. The maximum atomic E-state index is 12.6. The largest absolute Gasteiger partial charge is 0.463 e. The molecule has 1 aromatic carbocycles. The zero-order valence-corrected chi connectivity index (χ0v) is 13.9. The van der Waals surface area contributed by atoms with Crippen LogP contribution in [0.15, 0.2) is 54.0 Å². The molecule has 3 heterocycles. The number of esters is 2. The fourth-order valence-electron chi connectivity index (χ4n) is 2.61. The quantitative estimate of drug-likeness (QED) is 0.674. The highest BCUT2D eigenvalue weighted by Crippen LogP contribution is 2.29. The second-order valence-corrected chi connectivity index (χ2v) is 6.45. The van der Waals surface area contributed by atoms with Crippen molar-refractivity contribution in [2.45, 2.75) is 12.5 Å². The Morgan fingerprint density at radius 3 is 2.76 bits per heavy atom. The van der Waals surface area contributed by atoms with Gasteiger partial charge in [-0.15, -0.1) is 11.3 Å². The number of carbonyl (C=O) groups is 2. The van der Waals surface area contributed by atoms with Gasteiger partial charge in [-0.1, -0.05) is 24.3 Å². The van der Waals surface area contributed by atoms with Crippen molar-refractivity contribution in [3.05, 3.63) is 59.6 Å². The van der Waals surface area contributed by atoms with E-state index >= 15 is 0 Å². The van der Waals surface area contributed by atoms with Gasteiger partial charge in [0.15, 0.2) is 0 Å². The summed E-state index contributed by atoms with van der Waals surface area (Å²) in [5.41, 5.74) is 1.70. The van der Waals surface area contributed by atoms with Gasteiger partial charge in [0.2, 0.25) is 6.10 Å². The number of nitrogens with zero attached hydrogens (tertiary/aromatic N) is 2. The number of ether oxygens (including phenoxy) is 2. The van der Waals surface area contributed by atoms with Crippen LogP contribution in [0.1, 0.15) is 16.8 Å². The topological polar surface area (TPSA) is 70.4 Å². The molecule has 0 spiro atoms. The van der Waals surface area contributed by atoms with Crippen LogP contribution in [0.3, 0.4) is 0 Å². The third-order valence-electron chi connectivity index (χ3n) is 3.85. The minimum atomic E-state index is -0.844. The summed E-state index contributed by atoms with van der Waals surface area (Å²) in [4.78, 5) is 25.0. The summed E-state index contributed by atoms with van der Waals surface area (Å²) in [6, 6.07) is 13.3. The van der Waals surface area contributed by atoms with Crippen LogP contribution in [-0.4, -0.2) is 34.4 Å². The lowest BCUT2D eigenvalue weighted by molar-refractivity contribution is -0.145. The Hall–Kier alpha value is -2.93. The summed E-state index contributed by atoms with van der Waals surface area (Å²) in [6.07, 6.45) is 1.17. The number of aromatic nitrogens is 2. The van der Waals surface area contributed by atoms with Crippen LogP contribution in [-0.2, 0) is 14.3 Å². The van der Waals surface area contributed by atoms with Crippen molar-refractivity contribution in [1.82, 2.24) is 9.78 Å². The molecule has 6 nitrogen and oxygen atoms in total. The lowest BCUT2D eigenvalue weighted by atomic mass is 10.2. The van der Waals surface area contributed by atoms with E-state index in [0.717, 1.165) is 10.6 Å². The first-order chi connectivity index (χ1) is 12.2. The maximum Gasteiger partial charge on any atom is 0.347 e. The molecule has 4 rings (SSSR count). The van der Waals surface area contributed by atoms with Crippen LogP contribution in [0.2, 0.25) is 0 Å². The minimum Gasteiger partial charge on any atom is -0.463 e. The Balaban J connectivity index is 1.71. The van der Waals surface area contributed by atoms with Gasteiger partial charge < -0.3 is 9.47 Å². The van der Waals surface area contributed by atoms with E-state index < -0.39 is 18.0 Å². The zero-order chi connectivity index (χ0) is 17.2. The van der Waals surface area contributed by atoms with Crippen molar-refractivity contribution in [2.24, 2.45) is 0 Å². The number of benzene rings is 1. The van der Waals surface area contributed by atoms with Gasteiger partial charge in [-0.05, 0) is 23.6 Å². The van der Waals surface area contributed by atoms with Gasteiger partial charge in [-0.25, -0.2) is 14.3 Å². The summed E-state index contributed by atoms with van der Waals surface area (Å²) >= 11 is 1.48. The molecule has 25 heavy (non-hydrogen) atoms. The molecule has 0 N–H and O–H groups in total. The van der Waals surface area contributed by atoms with Crippen LogP contribution in [0.5, 0.6) is 0 Å². The Bertz CT molecular complexity index is 903. The first kappa shape index (κ1) is 15.6. The number of para-hydroxylation sites is 1. The van der Waals surface area contributed by atoms with Crippen LogP contribution in [0.4, 0.5) is 0 Å². The second-order valence-electron chi connectivity index (χ2n) is 5.50. The molecule has 126 valence electrons. The molecule has 0 bridgehead atoms. The molecule has 0 unspecified atom stereocenters. The highest BCUT2D eigenvalue weighted by Gasteiger charge is 2.32. The summed E-state index contributed by atoms with van der Waals surface area (Å²) in [5.74, 6) is -1.07. The van der Waals surface area contributed by atoms with Gasteiger partial charge in [0, 0.05) is 12.6 Å². The molecule has 0 radical (unpaired) electrons. The maximum absolute atomic E-state index is 12.6. The number of rotatable bonds is 4. The van der Waals surface area contributed by atoms with E-state index in [1.54, 1.807) is 10.9 Å². The Morgan fingerprint density at radius 2 is 2.08 bits per heavy atom. The molecule has 1 fully saturated rings. The number of cyclic esters (lactones) is 1. The smallest absolute Gasteiger partial charge is 0.347 e. The summed E-state index contributed by atoms with van der Waals surface area (Å²) < 4.78 is 11.8. The van der Waals surface area contributed by atoms with E-state index in [0.29, 0.717) is 17.7 Å². The Kier molecular flexibility index (Phi) is 4.07. The molecule has 0 amide bonds. The fraction of sp³-hybridized carbons (Fsp3) is 0.167. The molecule has 1 aliphatic heterocycles. The minimum absolute atomic E-state index is 0.276. The van der Waals surface area contributed by atoms with Gasteiger partial charge in [0.25, 0.3) is 0 Å². The van der Waals surface area contributed by atoms with E-state index in [9.17, 15) is 9.59 Å². The molecule has 0 aliphatic carbocycles. The van der Waals surface area contributed by atoms with E-state index in [-0.39, 0.29) is 6.61 Å². The van der Waals surface area contributed by atoms with Crippen molar-refractivity contribution < 1.29 is 19.1 Å². The van der Waals surface area contributed by atoms with E-state index in [4.69, 9.17) is 9.47 Å². The predicted molar refractivity (Wildman–Crippen MR) is 91.7 cm³/mol. The van der Waals surface area contributed by atoms with Gasteiger partial charge in [0.1, 0.15) is 11.3 Å². The Morgan fingerprint density at radius 1 is 1.24 bits per heavy atom. The molecule has 1 aliphatic rings. The molecule has 3 aromatic rings. The van der Waals surface area contributed by atoms with Crippen molar-refractivity contribution >= 4 is 23.3 Å². The Labute approximate surface area is 147 Å². The first-order valence-corrected chi connectivity index (χ1v) is 8.67. The molecule has 7 heteroatoms. The lowest BCUT2D eigenvalue weighted by Gasteiger charge is -2.07. The first-order valence-electron chi connectivity index (χ1n) is 7.79. The van der Waals surface area contributed by atoms with Crippen molar-refractivity contribution in [1.29, 1.82) is 0 Å². The standard InChI is InChI=1S/C18H14N2O4S/c21-17(24-14-8-9-23-18(14)22)13-11-20(12-5-2-1-3-6-12)19-16(13)15-7-4-10-25-15/h1-7,10-11,14H,8-9H2/t14-/m0/s1. The fourth-order valence-corrected chi connectivity index (χ4v) is 3.33. The average Bonchev–Trinajstić information content (AvgIpc) is 3.36. The second kappa shape index (κ2) is 6.52. The van der Waals surface area contributed by atoms with E-state index in [1.807, 2.05) is 47.8 Å². The van der Waals surface area contributed by atoms with E-state index in [2.05, 4.69) is 5.10 Å². The SMILES string of the molecule is O=C(O[C@H]1CCOC1=O)c1cn(-c2ccccc2)nc1-c1cccs1. The van der Waals surface area contributed by atoms with Gasteiger partial charge in [0.05, 0.1) is 17.2 Å². The highest BCUT2D eigenvalue weighted by molar-refractivity contribution is 7.13. The number of hydrogen-bond donors (Lipinski definition) is 0. The van der Waals surface area contributed by atoms with E-state index in [1.165, 1.54) is 11.3 Å². The van der Waals surface area contributed by atoms with Gasteiger partial charge >= 0.3 is 11.9 Å². The third kappa shape index (κ3) is 3.06. The molecular formula is C18H14N2O4S. The molecule has 1 saturated heterocycles. The average molecular weight is 354 g/mol. The molecule has 0 saturated carbocycles. The summed E-state index contributed by atoms with van der Waals surface area (Å²) in [5, 5.41) is 6.46. The normalized spacial score (nSPS) is 16.6. The van der Waals surface area contributed by atoms with Crippen molar-refractivity contribution in [3.8, 4) is 16.3 Å². The highest BCUT2D eigenvalue weighted by atomic mass is 32.1. The molecule has 1 atom stereocenters. The van der Waals surface area contributed by atoms with Gasteiger partial charge in [-0.2, -0.15) is 5.10 Å². The van der Waals surface area contributed by atoms with Crippen LogP contribution < -0.4 is 0 Å². The third-order valence-corrected chi connectivity index (χ3v) is 4.72. The summed E-state index contributed by atoms with van der Waals surface area (Å²) in [6.45, 7) is 0.276. The van der Waals surface area contributed by atoms with Crippen LogP contribution in [0, 0.1) is 0 Å². The van der Waals surface area contributed by atoms with Crippen LogP contribution >= 0.6 is 11.3 Å². The zero-order valence-electron chi connectivity index (χ0n) is 13.1. The predicted octanol–water partition coefficient (Wildman–Crippen LogP) is 3.07. The number of carbonyl (C=O) groups excluding carboxylic acids is 2. The number of hydrogen-bond acceptors (Lipinski definition) is 6. The lowest BCUT2D eigenvalue weighted by Crippen LogP contribution is -2.22.